The lowest BCUT2D eigenvalue weighted by Crippen LogP contribution is -2.14. The largest absolute Gasteiger partial charge is 0.468 e. The molecular weight excluding hydrogens is 156 g/mol. The second-order valence-electron chi connectivity index (χ2n) is 2.37. The molecule has 0 aromatic rings. The lowest BCUT2D eigenvalue weighted by atomic mass is 10.0. The normalized spacial score (nSPS) is 20.8. The number of hydrogen-bond acceptors (Lipinski definition) is 2. The zero-order chi connectivity index (χ0) is 8.97. The van der Waals surface area contributed by atoms with Crippen molar-refractivity contribution in [1.82, 2.24) is 0 Å². The summed E-state index contributed by atoms with van der Waals surface area (Å²) in [6.07, 6.45) is 6.98. The van der Waals surface area contributed by atoms with Gasteiger partial charge in [0.15, 0.2) is 0 Å². The number of rotatable bonds is 1. The van der Waals surface area contributed by atoms with Crippen LogP contribution in [0.3, 0.4) is 0 Å². The molecule has 3 nitrogen and oxygen atoms in total. The summed E-state index contributed by atoms with van der Waals surface area (Å²) in [5, 5.41) is 0. The van der Waals surface area contributed by atoms with Crippen molar-refractivity contribution in [1.29, 1.82) is 0 Å². The monoisotopic (exact) mass is 167 g/mol. The van der Waals surface area contributed by atoms with Crippen molar-refractivity contribution >= 4 is 11.8 Å². The third kappa shape index (κ3) is 1.81. The van der Waals surface area contributed by atoms with Gasteiger partial charge >= 0.3 is 11.8 Å². The quantitative estimate of drug-likeness (QED) is 0.424. The van der Waals surface area contributed by atoms with Crippen LogP contribution in [-0.4, -0.2) is 26.0 Å². The van der Waals surface area contributed by atoms with E-state index < -0.39 is 0 Å². The molecule has 12 heavy (non-hydrogen) atoms. The number of ether oxygens (including phenoxy) is 1. The fraction of sp³-hybridized carbons (Fsp3) is 0.333. The number of ketones is 1. The molecule has 0 heterocycles. The molecule has 64 valence electrons. The van der Waals surface area contributed by atoms with Crippen LogP contribution in [0.15, 0.2) is 24.3 Å². The molecule has 0 aromatic carbocycles. The van der Waals surface area contributed by atoms with Crippen molar-refractivity contribution in [3.63, 3.8) is 0 Å². The number of allylic oxidation sites excluding steroid dienone is 2. The third-order valence-electron chi connectivity index (χ3n) is 1.64. The highest BCUT2D eigenvalue weighted by atomic mass is 16.5. The Morgan fingerprint density at radius 2 is 2.08 bits per heavy atom. The highest BCUT2D eigenvalue weighted by Gasteiger charge is 2.17. The van der Waals surface area contributed by atoms with Crippen molar-refractivity contribution in [2.75, 3.05) is 14.2 Å². The molecule has 0 unspecified atom stereocenters. The van der Waals surface area contributed by atoms with Crippen LogP contribution in [0.1, 0.15) is 0 Å². The van der Waals surface area contributed by atoms with E-state index in [1.54, 1.807) is 31.4 Å². The zero-order valence-electron chi connectivity index (χ0n) is 7.11. The van der Waals surface area contributed by atoms with Crippen LogP contribution in [0.25, 0.3) is 0 Å². The van der Waals surface area contributed by atoms with E-state index in [9.17, 15) is 4.79 Å². The molecule has 1 aliphatic rings. The van der Waals surface area contributed by atoms with E-state index in [1.165, 1.54) is 7.11 Å². The summed E-state index contributed by atoms with van der Waals surface area (Å²) in [5.41, 5.74) is 0. The highest BCUT2D eigenvalue weighted by Crippen LogP contribution is 2.08. The summed E-state index contributed by atoms with van der Waals surface area (Å²) < 4.78 is 9.51. The van der Waals surface area contributed by atoms with Crippen molar-refractivity contribution in [3.05, 3.63) is 24.3 Å². The summed E-state index contributed by atoms with van der Waals surface area (Å²) in [6.45, 7) is 0. The van der Waals surface area contributed by atoms with Crippen LogP contribution >= 0.6 is 0 Å². The maximum absolute atomic E-state index is 11.0. The number of carbonyl (C=O) groups excluding carboxylic acids is 2. The second kappa shape index (κ2) is 3.85. The Labute approximate surface area is 71.0 Å². The van der Waals surface area contributed by atoms with Gasteiger partial charge in [0.05, 0.1) is 13.0 Å². The molecule has 0 saturated heterocycles. The fourth-order valence-electron chi connectivity index (χ4n) is 0.946. The molecule has 0 atom stereocenters. The first-order valence-corrected chi connectivity index (χ1v) is 3.63. The van der Waals surface area contributed by atoms with Crippen LogP contribution in [-0.2, 0) is 14.0 Å². The molecular formula is C9H11O3+. The van der Waals surface area contributed by atoms with Crippen LogP contribution in [0.4, 0.5) is 0 Å². The molecule has 0 N–H and O–H groups in total. The van der Waals surface area contributed by atoms with Gasteiger partial charge in [-0.2, -0.15) is 0 Å². The van der Waals surface area contributed by atoms with E-state index in [1.807, 2.05) is 0 Å². The lowest BCUT2D eigenvalue weighted by molar-refractivity contribution is -0.417. The number of methoxy groups -OCH3 is 1. The van der Waals surface area contributed by atoms with E-state index >= 15 is 0 Å². The predicted octanol–water partition coefficient (Wildman–Crippen LogP) is 0.636. The Balaban J connectivity index is 2.67. The molecule has 0 spiro atoms. The van der Waals surface area contributed by atoms with Crippen LogP contribution < -0.4 is 0 Å². The van der Waals surface area contributed by atoms with Gasteiger partial charge in [-0.25, -0.2) is 0 Å². The Hall–Kier alpha value is -1.38. The first-order valence-electron chi connectivity index (χ1n) is 3.63. The molecule has 0 bridgehead atoms. The molecule has 3 heteroatoms. The van der Waals surface area contributed by atoms with E-state index in [0.717, 1.165) is 5.78 Å². The molecule has 1 aliphatic carbocycles. The van der Waals surface area contributed by atoms with Gasteiger partial charge in [0.1, 0.15) is 0 Å². The Kier molecular flexibility index (Phi) is 2.80. The third-order valence-corrected chi connectivity index (χ3v) is 1.64. The van der Waals surface area contributed by atoms with E-state index in [4.69, 9.17) is 4.42 Å². The predicted molar refractivity (Wildman–Crippen MR) is 44.7 cm³/mol. The standard InChI is InChI=1S/C9H11O3/c1-11-8-5-3-7(4-6-8)9(10)12-2/h3-7H,1-2H3/q+1. The molecule has 0 saturated carbocycles. The topological polar surface area (TPSA) is 37.6 Å². The van der Waals surface area contributed by atoms with Gasteiger partial charge in [-0.3, -0.25) is 9.22 Å². The van der Waals surface area contributed by atoms with E-state index in [-0.39, 0.29) is 11.9 Å². The van der Waals surface area contributed by atoms with Crippen molar-refractivity contribution in [3.8, 4) is 0 Å². The molecule has 1 rings (SSSR count). The lowest BCUT2D eigenvalue weighted by Gasteiger charge is -2.05. The molecule has 0 aromatic heterocycles. The van der Waals surface area contributed by atoms with E-state index in [0.29, 0.717) is 0 Å². The molecule has 0 fully saturated rings. The summed E-state index contributed by atoms with van der Waals surface area (Å²) >= 11 is 0. The average molecular weight is 167 g/mol. The van der Waals surface area contributed by atoms with Crippen LogP contribution in [0, 0.1) is 5.92 Å². The van der Waals surface area contributed by atoms with Gasteiger partial charge in [0.25, 0.3) is 7.11 Å². The summed E-state index contributed by atoms with van der Waals surface area (Å²) in [5.74, 6) is 0.224. The summed E-state index contributed by atoms with van der Waals surface area (Å²) in [6, 6.07) is 0. The van der Waals surface area contributed by atoms with Crippen LogP contribution in [0.2, 0.25) is 0 Å². The fourth-order valence-corrected chi connectivity index (χ4v) is 0.946. The average Bonchev–Trinajstić information content (AvgIpc) is 2.17. The van der Waals surface area contributed by atoms with E-state index in [2.05, 4.69) is 4.74 Å². The summed E-state index contributed by atoms with van der Waals surface area (Å²) in [7, 11) is 2.96. The number of hydrogen-bond donors (Lipinski definition) is 0. The maximum atomic E-state index is 11.0. The Bertz CT molecular complexity index is 245. The minimum Gasteiger partial charge on any atom is -0.468 e. The number of esters is 1. The smallest absolute Gasteiger partial charge is 0.342 e. The maximum Gasteiger partial charge on any atom is 0.342 e. The van der Waals surface area contributed by atoms with Gasteiger partial charge in [0, 0.05) is 12.2 Å². The minimum atomic E-state index is -0.270. The molecule has 0 aliphatic heterocycles. The zero-order valence-corrected chi connectivity index (χ0v) is 7.11. The second-order valence-corrected chi connectivity index (χ2v) is 2.37. The van der Waals surface area contributed by atoms with Crippen LogP contribution in [0.5, 0.6) is 0 Å². The number of carbonyl (C=O) groups is 1. The highest BCUT2D eigenvalue weighted by molar-refractivity contribution is 6.01. The Morgan fingerprint density at radius 3 is 2.50 bits per heavy atom. The molecule has 0 amide bonds. The molecule has 0 radical (unpaired) electrons. The van der Waals surface area contributed by atoms with Gasteiger partial charge < -0.3 is 4.74 Å². The van der Waals surface area contributed by atoms with Gasteiger partial charge in [0.2, 0.25) is 0 Å². The van der Waals surface area contributed by atoms with Gasteiger partial charge in [-0.15, -0.1) is 0 Å². The van der Waals surface area contributed by atoms with Crippen molar-refractivity contribution in [2.24, 2.45) is 5.92 Å². The Morgan fingerprint density at radius 1 is 1.50 bits per heavy atom. The first kappa shape index (κ1) is 8.71. The van der Waals surface area contributed by atoms with Crippen molar-refractivity contribution < 1.29 is 14.0 Å². The SMILES string of the molecule is COC(=O)C1C=CC(=[O+]C)C=C1. The first-order chi connectivity index (χ1) is 5.77. The summed E-state index contributed by atoms with van der Waals surface area (Å²) in [4.78, 5) is 11.0. The minimum absolute atomic E-state index is 0.252. The van der Waals surface area contributed by atoms with Crippen molar-refractivity contribution in [2.45, 2.75) is 0 Å². The van der Waals surface area contributed by atoms with Gasteiger partial charge in [-0.1, -0.05) is 12.2 Å². The van der Waals surface area contributed by atoms with Gasteiger partial charge in [-0.05, 0) is 0 Å².